The summed E-state index contributed by atoms with van der Waals surface area (Å²) < 4.78 is 25.2. The van der Waals surface area contributed by atoms with E-state index in [9.17, 15) is 13.2 Å². The number of hydrogen-bond donors (Lipinski definition) is 1. The van der Waals surface area contributed by atoms with Gasteiger partial charge in [0.25, 0.3) is 10.0 Å². The minimum Gasteiger partial charge on any atom is -0.282 e. The highest BCUT2D eigenvalue weighted by molar-refractivity contribution is 7.89. The number of nitrogens with one attached hydrogen (secondary N) is 1. The average Bonchev–Trinajstić information content (AvgIpc) is 2.46. The largest absolute Gasteiger partial charge is 0.284 e. The summed E-state index contributed by atoms with van der Waals surface area (Å²) in [4.78, 5) is 11.1. The van der Waals surface area contributed by atoms with Crippen molar-refractivity contribution in [3.63, 3.8) is 0 Å². The van der Waals surface area contributed by atoms with E-state index in [0.29, 0.717) is 10.1 Å². The molecule has 0 spiro atoms. The third-order valence-corrected chi connectivity index (χ3v) is 4.25. The number of carbonyl (C=O) groups excluding carboxylic acids is 1. The summed E-state index contributed by atoms with van der Waals surface area (Å²) in [6.07, 6.45) is 0.238. The number of carbonyl (C=O) groups is 1. The predicted molar refractivity (Wildman–Crippen MR) is 76.3 cm³/mol. The van der Waals surface area contributed by atoms with Gasteiger partial charge >= 0.3 is 0 Å². The SMILES string of the molecule is Cc1ccc(S(=O)(=O)N(C=O)Nc2ccccc2)cc1. The molecule has 5 nitrogen and oxygen atoms in total. The van der Waals surface area contributed by atoms with Crippen LogP contribution in [0.25, 0.3) is 0 Å². The molecule has 0 aliphatic heterocycles. The molecule has 0 saturated carbocycles. The summed E-state index contributed by atoms with van der Waals surface area (Å²) in [7, 11) is -3.91. The van der Waals surface area contributed by atoms with E-state index in [4.69, 9.17) is 0 Å². The zero-order chi connectivity index (χ0) is 14.6. The molecule has 0 heterocycles. The maximum Gasteiger partial charge on any atom is 0.284 e. The van der Waals surface area contributed by atoms with Gasteiger partial charge < -0.3 is 0 Å². The van der Waals surface area contributed by atoms with Crippen molar-refractivity contribution in [2.45, 2.75) is 11.8 Å². The van der Waals surface area contributed by atoms with Crippen molar-refractivity contribution in [3.8, 4) is 0 Å². The molecular formula is C14H14N2O3S. The van der Waals surface area contributed by atoms with Crippen LogP contribution in [0.4, 0.5) is 5.69 Å². The highest BCUT2D eigenvalue weighted by Gasteiger charge is 2.23. The van der Waals surface area contributed by atoms with E-state index in [0.717, 1.165) is 5.56 Å². The number of para-hydroxylation sites is 1. The number of sulfonamides is 1. The van der Waals surface area contributed by atoms with Gasteiger partial charge in [-0.3, -0.25) is 10.2 Å². The Hall–Kier alpha value is -2.34. The summed E-state index contributed by atoms with van der Waals surface area (Å²) in [6, 6.07) is 14.9. The first-order chi connectivity index (χ1) is 9.54. The second-order valence-electron chi connectivity index (χ2n) is 4.20. The zero-order valence-corrected chi connectivity index (χ0v) is 11.7. The Morgan fingerprint density at radius 1 is 1.00 bits per heavy atom. The molecule has 1 N–H and O–H groups in total. The second kappa shape index (κ2) is 5.75. The van der Waals surface area contributed by atoms with E-state index < -0.39 is 10.0 Å². The quantitative estimate of drug-likeness (QED) is 0.677. The lowest BCUT2D eigenvalue weighted by molar-refractivity contribution is -0.113. The number of hydrogen-bond acceptors (Lipinski definition) is 4. The molecule has 2 aromatic rings. The Morgan fingerprint density at radius 3 is 2.15 bits per heavy atom. The number of anilines is 1. The van der Waals surface area contributed by atoms with E-state index in [1.54, 1.807) is 42.5 Å². The summed E-state index contributed by atoms with van der Waals surface area (Å²) in [5, 5.41) is 0. The zero-order valence-electron chi connectivity index (χ0n) is 10.9. The molecule has 0 aromatic heterocycles. The van der Waals surface area contributed by atoms with E-state index in [1.807, 2.05) is 6.92 Å². The van der Waals surface area contributed by atoms with Gasteiger partial charge in [-0.25, -0.2) is 0 Å². The molecule has 6 heteroatoms. The highest BCUT2D eigenvalue weighted by Crippen LogP contribution is 2.16. The van der Waals surface area contributed by atoms with Gasteiger partial charge in [-0.15, -0.1) is 4.41 Å². The van der Waals surface area contributed by atoms with Crippen LogP contribution in [0.2, 0.25) is 0 Å². The van der Waals surface area contributed by atoms with Crippen LogP contribution < -0.4 is 5.43 Å². The Balaban J connectivity index is 2.30. The third kappa shape index (κ3) is 2.97. The van der Waals surface area contributed by atoms with Gasteiger partial charge in [0.2, 0.25) is 6.41 Å². The minimum atomic E-state index is -3.91. The molecule has 0 aliphatic rings. The molecule has 0 fully saturated rings. The molecule has 0 bridgehead atoms. The van der Waals surface area contributed by atoms with Gasteiger partial charge in [0, 0.05) is 0 Å². The number of amides is 1. The summed E-state index contributed by atoms with van der Waals surface area (Å²) >= 11 is 0. The number of nitrogens with zero attached hydrogens (tertiary/aromatic N) is 1. The third-order valence-electron chi connectivity index (χ3n) is 2.69. The fourth-order valence-electron chi connectivity index (χ4n) is 1.61. The Kier molecular flexibility index (Phi) is 4.05. The van der Waals surface area contributed by atoms with E-state index in [1.165, 1.54) is 12.1 Å². The first-order valence-corrected chi connectivity index (χ1v) is 7.36. The Bertz CT molecular complexity index is 682. The maximum atomic E-state index is 12.3. The predicted octanol–water partition coefficient (Wildman–Crippen LogP) is 2.17. The number of aryl methyl sites for hydroxylation is 1. The molecule has 0 atom stereocenters. The monoisotopic (exact) mass is 290 g/mol. The molecule has 20 heavy (non-hydrogen) atoms. The van der Waals surface area contributed by atoms with E-state index >= 15 is 0 Å². The Labute approximate surface area is 117 Å². The van der Waals surface area contributed by atoms with Crippen LogP contribution in [-0.4, -0.2) is 19.2 Å². The fourth-order valence-corrected chi connectivity index (χ4v) is 2.65. The van der Waals surface area contributed by atoms with Crippen LogP contribution in [0.15, 0.2) is 59.5 Å². The molecule has 0 aliphatic carbocycles. The van der Waals surface area contributed by atoms with E-state index in [2.05, 4.69) is 5.43 Å². The maximum absolute atomic E-state index is 12.3. The molecular weight excluding hydrogens is 276 g/mol. The van der Waals surface area contributed by atoms with E-state index in [-0.39, 0.29) is 11.3 Å². The van der Waals surface area contributed by atoms with Gasteiger partial charge in [0.1, 0.15) is 0 Å². The normalized spacial score (nSPS) is 10.8. The Morgan fingerprint density at radius 2 is 1.60 bits per heavy atom. The van der Waals surface area contributed by atoms with Crippen LogP contribution in [0.5, 0.6) is 0 Å². The fraction of sp³-hybridized carbons (Fsp3) is 0.0714. The van der Waals surface area contributed by atoms with Gasteiger partial charge in [0.15, 0.2) is 0 Å². The van der Waals surface area contributed by atoms with Gasteiger partial charge in [-0.05, 0) is 31.2 Å². The van der Waals surface area contributed by atoms with Crippen molar-refractivity contribution in [2.75, 3.05) is 5.43 Å². The molecule has 0 saturated heterocycles. The lowest BCUT2D eigenvalue weighted by Gasteiger charge is -2.19. The molecule has 1 amide bonds. The topological polar surface area (TPSA) is 66.5 Å². The van der Waals surface area contributed by atoms with Crippen molar-refractivity contribution in [2.24, 2.45) is 0 Å². The van der Waals surface area contributed by atoms with Crippen LogP contribution >= 0.6 is 0 Å². The molecule has 0 radical (unpaired) electrons. The first-order valence-electron chi connectivity index (χ1n) is 5.92. The first kappa shape index (κ1) is 14.1. The average molecular weight is 290 g/mol. The number of benzene rings is 2. The van der Waals surface area contributed by atoms with Crippen molar-refractivity contribution >= 4 is 22.1 Å². The van der Waals surface area contributed by atoms with Crippen molar-refractivity contribution in [3.05, 3.63) is 60.2 Å². The molecule has 0 unspecified atom stereocenters. The van der Waals surface area contributed by atoms with Crippen molar-refractivity contribution in [1.82, 2.24) is 4.41 Å². The van der Waals surface area contributed by atoms with Crippen molar-refractivity contribution < 1.29 is 13.2 Å². The number of rotatable bonds is 5. The lowest BCUT2D eigenvalue weighted by Crippen LogP contribution is -2.35. The lowest BCUT2D eigenvalue weighted by atomic mass is 10.2. The van der Waals surface area contributed by atoms with Crippen LogP contribution in [-0.2, 0) is 14.8 Å². The molecule has 104 valence electrons. The second-order valence-corrected chi connectivity index (χ2v) is 6.01. The number of hydrazine groups is 1. The molecule has 2 rings (SSSR count). The summed E-state index contributed by atoms with van der Waals surface area (Å²) in [5.74, 6) is 0. The van der Waals surface area contributed by atoms with Crippen molar-refractivity contribution in [1.29, 1.82) is 0 Å². The van der Waals surface area contributed by atoms with Crippen LogP contribution in [0.3, 0.4) is 0 Å². The standard InChI is InChI=1S/C14H14N2O3S/c1-12-7-9-14(10-8-12)20(18,19)16(11-17)15-13-5-3-2-4-6-13/h2-11,15H,1H3. The van der Waals surface area contributed by atoms with Gasteiger partial charge in [0.05, 0.1) is 10.6 Å². The van der Waals surface area contributed by atoms with Crippen LogP contribution in [0.1, 0.15) is 5.56 Å². The van der Waals surface area contributed by atoms with Gasteiger partial charge in [-0.1, -0.05) is 35.9 Å². The summed E-state index contributed by atoms with van der Waals surface area (Å²) in [6.45, 7) is 1.86. The summed E-state index contributed by atoms with van der Waals surface area (Å²) in [5.41, 5.74) is 4.01. The van der Waals surface area contributed by atoms with Gasteiger partial charge in [-0.2, -0.15) is 8.42 Å². The minimum absolute atomic E-state index is 0.0543. The highest BCUT2D eigenvalue weighted by atomic mass is 32.2. The smallest absolute Gasteiger partial charge is 0.282 e. The van der Waals surface area contributed by atoms with Crippen LogP contribution in [0, 0.1) is 6.92 Å². The molecule has 2 aromatic carbocycles.